The fourth-order valence-corrected chi connectivity index (χ4v) is 2.31. The van der Waals surface area contributed by atoms with Crippen LogP contribution in [0.4, 0.5) is 0 Å². The van der Waals surface area contributed by atoms with Crippen LogP contribution in [0, 0.1) is 0 Å². The Hall–Kier alpha value is -3.15. The number of benzene rings is 2. The van der Waals surface area contributed by atoms with E-state index in [9.17, 15) is 4.79 Å². The van der Waals surface area contributed by atoms with Crippen molar-refractivity contribution in [2.75, 3.05) is 7.11 Å². The highest BCUT2D eigenvalue weighted by atomic mass is 16.5. The molecule has 1 N–H and O–H groups in total. The van der Waals surface area contributed by atoms with Crippen molar-refractivity contribution in [1.29, 1.82) is 0 Å². The Bertz CT molecular complexity index is 813. The molecule has 0 aliphatic rings. The zero-order valence-electron chi connectivity index (χ0n) is 13.9. The third-order valence-electron chi connectivity index (χ3n) is 3.71. The van der Waals surface area contributed by atoms with Gasteiger partial charge >= 0.3 is 0 Å². The number of hydrogen-bond acceptors (Lipinski definition) is 5. The topological polar surface area (TPSA) is 77.2 Å². The first-order valence-electron chi connectivity index (χ1n) is 8.02. The van der Waals surface area contributed by atoms with Gasteiger partial charge in [0.05, 0.1) is 7.11 Å². The predicted molar refractivity (Wildman–Crippen MR) is 92.9 cm³/mol. The molecule has 6 heteroatoms. The first kappa shape index (κ1) is 16.7. The van der Waals surface area contributed by atoms with Crippen LogP contribution in [-0.2, 0) is 17.8 Å². The molecule has 25 heavy (non-hydrogen) atoms. The van der Waals surface area contributed by atoms with E-state index < -0.39 is 0 Å². The summed E-state index contributed by atoms with van der Waals surface area (Å²) in [6.07, 6.45) is 0.709. The number of rotatable bonds is 7. The normalized spacial score (nSPS) is 10.4. The van der Waals surface area contributed by atoms with Crippen LogP contribution in [0.2, 0.25) is 0 Å². The summed E-state index contributed by atoms with van der Waals surface area (Å²) >= 11 is 0. The van der Waals surface area contributed by atoms with Crippen LogP contribution in [0.25, 0.3) is 11.4 Å². The van der Waals surface area contributed by atoms with Crippen LogP contribution in [0.1, 0.15) is 17.9 Å². The molecular formula is C19H19N3O3. The number of aryl methyl sites for hydroxylation is 1. The minimum Gasteiger partial charge on any atom is -0.497 e. The largest absolute Gasteiger partial charge is 0.497 e. The summed E-state index contributed by atoms with van der Waals surface area (Å²) in [5, 5.41) is 6.82. The second kappa shape index (κ2) is 8.10. The van der Waals surface area contributed by atoms with Crippen molar-refractivity contribution in [3.63, 3.8) is 0 Å². The van der Waals surface area contributed by atoms with Crippen LogP contribution in [0.15, 0.2) is 59.1 Å². The number of ether oxygens (including phenoxy) is 1. The van der Waals surface area contributed by atoms with Crippen LogP contribution in [-0.4, -0.2) is 23.2 Å². The van der Waals surface area contributed by atoms with Crippen molar-refractivity contribution >= 4 is 5.91 Å². The standard InChI is InChI=1S/C19H19N3O3/c1-24-16-9-7-14(8-10-16)13-20-17(23)11-12-18-21-19(22-25-18)15-5-3-2-4-6-15/h2-10H,11-13H2,1H3,(H,20,23). The maximum atomic E-state index is 12.0. The lowest BCUT2D eigenvalue weighted by molar-refractivity contribution is -0.121. The quantitative estimate of drug-likeness (QED) is 0.717. The Kier molecular flexibility index (Phi) is 5.41. The fraction of sp³-hybridized carbons (Fsp3) is 0.211. The van der Waals surface area contributed by atoms with Gasteiger partial charge in [0.25, 0.3) is 0 Å². The second-order valence-electron chi connectivity index (χ2n) is 5.50. The maximum Gasteiger partial charge on any atom is 0.227 e. The second-order valence-corrected chi connectivity index (χ2v) is 5.50. The molecular weight excluding hydrogens is 318 g/mol. The molecule has 0 bridgehead atoms. The molecule has 0 spiro atoms. The number of nitrogens with one attached hydrogen (secondary N) is 1. The first-order valence-corrected chi connectivity index (χ1v) is 8.02. The fourth-order valence-electron chi connectivity index (χ4n) is 2.31. The number of methoxy groups -OCH3 is 1. The molecule has 1 amide bonds. The Balaban J connectivity index is 1.46. The lowest BCUT2D eigenvalue weighted by atomic mass is 10.2. The highest BCUT2D eigenvalue weighted by Crippen LogP contribution is 2.15. The van der Waals surface area contributed by atoms with Crippen LogP contribution in [0.3, 0.4) is 0 Å². The van der Waals surface area contributed by atoms with Gasteiger partial charge < -0.3 is 14.6 Å². The Morgan fingerprint density at radius 1 is 1.12 bits per heavy atom. The van der Waals surface area contributed by atoms with Gasteiger partial charge in [0.1, 0.15) is 5.75 Å². The third kappa shape index (κ3) is 4.67. The summed E-state index contributed by atoms with van der Waals surface area (Å²) < 4.78 is 10.3. The molecule has 3 aromatic rings. The number of hydrogen-bond donors (Lipinski definition) is 1. The average molecular weight is 337 g/mol. The lowest BCUT2D eigenvalue weighted by Crippen LogP contribution is -2.23. The zero-order valence-corrected chi connectivity index (χ0v) is 13.9. The van der Waals surface area contributed by atoms with Crippen molar-refractivity contribution in [1.82, 2.24) is 15.5 Å². The molecule has 3 rings (SSSR count). The van der Waals surface area contributed by atoms with Crippen molar-refractivity contribution in [3.8, 4) is 17.1 Å². The molecule has 0 atom stereocenters. The Labute approximate surface area is 145 Å². The van der Waals surface area contributed by atoms with Crippen LogP contribution in [0.5, 0.6) is 5.75 Å². The maximum absolute atomic E-state index is 12.0. The van der Waals surface area contributed by atoms with Crippen molar-refractivity contribution in [3.05, 3.63) is 66.1 Å². The minimum atomic E-state index is -0.0599. The average Bonchev–Trinajstić information content (AvgIpc) is 3.15. The molecule has 0 saturated carbocycles. The van der Waals surface area contributed by atoms with Crippen molar-refractivity contribution in [2.24, 2.45) is 0 Å². The van der Waals surface area contributed by atoms with E-state index in [0.29, 0.717) is 31.1 Å². The van der Waals surface area contributed by atoms with E-state index in [2.05, 4.69) is 15.5 Å². The van der Waals surface area contributed by atoms with Gasteiger partial charge in [-0.3, -0.25) is 4.79 Å². The molecule has 1 aromatic heterocycles. The highest BCUT2D eigenvalue weighted by molar-refractivity contribution is 5.76. The van der Waals surface area contributed by atoms with Gasteiger partial charge in [0, 0.05) is 24.9 Å². The number of nitrogens with zero attached hydrogens (tertiary/aromatic N) is 2. The van der Waals surface area contributed by atoms with E-state index in [1.165, 1.54) is 0 Å². The van der Waals surface area contributed by atoms with Gasteiger partial charge in [0.15, 0.2) is 0 Å². The van der Waals surface area contributed by atoms with Gasteiger partial charge in [-0.15, -0.1) is 0 Å². The molecule has 0 saturated heterocycles. The molecule has 0 aliphatic heterocycles. The third-order valence-corrected chi connectivity index (χ3v) is 3.71. The van der Waals surface area contributed by atoms with E-state index in [4.69, 9.17) is 9.26 Å². The number of aromatic nitrogens is 2. The van der Waals surface area contributed by atoms with E-state index in [1.807, 2.05) is 54.6 Å². The van der Waals surface area contributed by atoms with Crippen molar-refractivity contribution < 1.29 is 14.1 Å². The molecule has 0 aliphatic carbocycles. The van der Waals surface area contributed by atoms with E-state index in [1.54, 1.807) is 7.11 Å². The zero-order chi connectivity index (χ0) is 17.5. The van der Waals surface area contributed by atoms with Gasteiger partial charge in [-0.2, -0.15) is 4.98 Å². The number of carbonyl (C=O) groups is 1. The van der Waals surface area contributed by atoms with Gasteiger partial charge in [-0.1, -0.05) is 47.6 Å². The van der Waals surface area contributed by atoms with Crippen LogP contribution >= 0.6 is 0 Å². The molecule has 0 fully saturated rings. The molecule has 0 radical (unpaired) electrons. The van der Waals surface area contributed by atoms with Gasteiger partial charge in [0.2, 0.25) is 17.6 Å². The molecule has 6 nitrogen and oxygen atoms in total. The summed E-state index contributed by atoms with van der Waals surface area (Å²) in [7, 11) is 1.62. The number of carbonyl (C=O) groups excluding carboxylic acids is 1. The summed E-state index contributed by atoms with van der Waals surface area (Å²) in [5.74, 6) is 1.73. The van der Waals surface area contributed by atoms with E-state index in [-0.39, 0.29) is 5.91 Å². The predicted octanol–water partition coefficient (Wildman–Crippen LogP) is 2.99. The van der Waals surface area contributed by atoms with Crippen LogP contribution < -0.4 is 10.1 Å². The van der Waals surface area contributed by atoms with Crippen molar-refractivity contribution in [2.45, 2.75) is 19.4 Å². The summed E-state index contributed by atoms with van der Waals surface area (Å²) in [5.41, 5.74) is 1.90. The summed E-state index contributed by atoms with van der Waals surface area (Å²) in [6, 6.07) is 17.2. The SMILES string of the molecule is COc1ccc(CNC(=O)CCc2nc(-c3ccccc3)no2)cc1. The monoisotopic (exact) mass is 337 g/mol. The molecule has 128 valence electrons. The first-order chi connectivity index (χ1) is 12.2. The Morgan fingerprint density at radius 2 is 1.88 bits per heavy atom. The highest BCUT2D eigenvalue weighted by Gasteiger charge is 2.10. The molecule has 1 heterocycles. The minimum absolute atomic E-state index is 0.0599. The van der Waals surface area contributed by atoms with Gasteiger partial charge in [-0.05, 0) is 17.7 Å². The Morgan fingerprint density at radius 3 is 2.60 bits per heavy atom. The summed E-state index contributed by atoms with van der Waals surface area (Å²) in [6.45, 7) is 0.474. The van der Waals surface area contributed by atoms with E-state index >= 15 is 0 Å². The lowest BCUT2D eigenvalue weighted by Gasteiger charge is -2.05. The molecule has 2 aromatic carbocycles. The number of amides is 1. The summed E-state index contributed by atoms with van der Waals surface area (Å²) in [4.78, 5) is 16.3. The smallest absolute Gasteiger partial charge is 0.227 e. The van der Waals surface area contributed by atoms with E-state index in [0.717, 1.165) is 16.9 Å². The van der Waals surface area contributed by atoms with Gasteiger partial charge in [-0.25, -0.2) is 0 Å². The molecule has 0 unspecified atom stereocenters.